The molecule has 0 spiro atoms. The minimum atomic E-state index is -3.96. The zero-order chi connectivity index (χ0) is 22.4. The van der Waals surface area contributed by atoms with Gasteiger partial charge in [0.1, 0.15) is 5.75 Å². The number of nitrogens with one attached hydrogen (secondary N) is 2. The van der Waals surface area contributed by atoms with E-state index in [2.05, 4.69) is 10.0 Å². The van der Waals surface area contributed by atoms with Gasteiger partial charge >= 0.3 is 0 Å². The highest BCUT2D eigenvalue weighted by molar-refractivity contribution is 7.99. The van der Waals surface area contributed by atoms with Crippen molar-refractivity contribution in [2.45, 2.75) is 27.7 Å². The summed E-state index contributed by atoms with van der Waals surface area (Å²) in [5.74, 6) is -0.122. The van der Waals surface area contributed by atoms with Gasteiger partial charge in [0.05, 0.1) is 28.8 Å². The van der Waals surface area contributed by atoms with Gasteiger partial charge in [-0.2, -0.15) is 4.72 Å². The molecule has 0 bridgehead atoms. The van der Waals surface area contributed by atoms with E-state index in [4.69, 9.17) is 16.3 Å². The maximum absolute atomic E-state index is 12.7. The summed E-state index contributed by atoms with van der Waals surface area (Å²) in [5.41, 5.74) is 0.597. The van der Waals surface area contributed by atoms with Crippen LogP contribution < -0.4 is 14.8 Å². The summed E-state index contributed by atoms with van der Waals surface area (Å²) in [6, 6.07) is 20.2. The molecule has 0 aliphatic rings. The first-order valence-electron chi connectivity index (χ1n) is 9.29. The highest BCUT2D eigenvalue weighted by atomic mass is 35.5. The number of rotatable bonds is 8. The van der Waals surface area contributed by atoms with E-state index < -0.39 is 22.0 Å². The van der Waals surface area contributed by atoms with Crippen LogP contribution in [-0.2, 0) is 14.8 Å². The number of sulfonamides is 1. The maximum Gasteiger partial charge on any atom is 0.242 e. The summed E-state index contributed by atoms with van der Waals surface area (Å²) < 4.78 is 32.7. The van der Waals surface area contributed by atoms with Crippen LogP contribution in [0.15, 0.2) is 87.5 Å². The van der Waals surface area contributed by atoms with Gasteiger partial charge in [-0.05, 0) is 49.4 Å². The highest BCUT2D eigenvalue weighted by Gasteiger charge is 2.23. The standard InChI is InChI=1S/C22H21ClN2O4S2/c1-15(25-31(27,28)17-12-13-20(29-2)18(23)14-17)22(26)24-19-10-6-7-11-21(19)30-16-8-4-3-5-9-16/h3-15,25H,1-2H3,(H,24,26)/t15-/m0/s1. The number of benzene rings is 3. The molecule has 0 heterocycles. The van der Waals surface area contributed by atoms with Gasteiger partial charge in [-0.25, -0.2) is 8.42 Å². The van der Waals surface area contributed by atoms with Gasteiger partial charge in [0.15, 0.2) is 0 Å². The second-order valence-electron chi connectivity index (χ2n) is 6.54. The molecule has 0 saturated heterocycles. The Morgan fingerprint density at radius 1 is 1.03 bits per heavy atom. The van der Waals surface area contributed by atoms with Crippen LogP contribution in [0.3, 0.4) is 0 Å². The molecule has 2 N–H and O–H groups in total. The Labute approximate surface area is 191 Å². The van der Waals surface area contributed by atoms with Crippen LogP contribution in [0.1, 0.15) is 6.92 Å². The zero-order valence-corrected chi connectivity index (χ0v) is 19.2. The number of para-hydroxylation sites is 1. The second-order valence-corrected chi connectivity index (χ2v) is 9.78. The third-order valence-electron chi connectivity index (χ3n) is 4.27. The number of amides is 1. The van der Waals surface area contributed by atoms with Crippen LogP contribution in [0.4, 0.5) is 5.69 Å². The van der Waals surface area contributed by atoms with E-state index in [1.165, 1.54) is 44.0 Å². The van der Waals surface area contributed by atoms with Crippen molar-refractivity contribution in [2.75, 3.05) is 12.4 Å². The van der Waals surface area contributed by atoms with Gasteiger partial charge in [0, 0.05) is 9.79 Å². The molecule has 9 heteroatoms. The number of halogens is 1. The fourth-order valence-corrected chi connectivity index (χ4v) is 5.16. The molecule has 0 aliphatic heterocycles. The number of carbonyl (C=O) groups excluding carboxylic acids is 1. The minimum absolute atomic E-state index is 0.0574. The summed E-state index contributed by atoms with van der Waals surface area (Å²) in [6.07, 6.45) is 0. The van der Waals surface area contributed by atoms with Crippen molar-refractivity contribution in [3.05, 3.63) is 77.8 Å². The van der Waals surface area contributed by atoms with Crippen LogP contribution in [0.25, 0.3) is 0 Å². The molecule has 31 heavy (non-hydrogen) atoms. The SMILES string of the molecule is COc1ccc(S(=O)(=O)N[C@@H](C)C(=O)Nc2ccccc2Sc2ccccc2)cc1Cl. The van der Waals surface area contributed by atoms with Crippen molar-refractivity contribution >= 4 is 45.0 Å². The first kappa shape index (κ1) is 23.1. The molecule has 0 aliphatic carbocycles. The molecule has 0 fully saturated rings. The first-order valence-corrected chi connectivity index (χ1v) is 12.0. The molecular formula is C22H21ClN2O4S2. The number of carbonyl (C=O) groups is 1. The van der Waals surface area contributed by atoms with Gasteiger partial charge in [0.2, 0.25) is 15.9 Å². The lowest BCUT2D eigenvalue weighted by Gasteiger charge is -2.16. The van der Waals surface area contributed by atoms with Crippen molar-refractivity contribution < 1.29 is 17.9 Å². The van der Waals surface area contributed by atoms with E-state index in [0.29, 0.717) is 11.4 Å². The molecule has 162 valence electrons. The Balaban J connectivity index is 1.72. The molecule has 3 rings (SSSR count). The third kappa shape index (κ3) is 6.01. The Hall–Kier alpha value is -2.52. The molecule has 0 aromatic heterocycles. The Kier molecular flexibility index (Phi) is 7.61. The van der Waals surface area contributed by atoms with Crippen molar-refractivity contribution in [1.29, 1.82) is 0 Å². The fraction of sp³-hybridized carbons (Fsp3) is 0.136. The third-order valence-corrected chi connectivity index (χ3v) is 7.19. The number of ether oxygens (including phenoxy) is 1. The van der Waals surface area contributed by atoms with Crippen LogP contribution in [0, 0.1) is 0 Å². The molecule has 0 unspecified atom stereocenters. The molecule has 1 atom stereocenters. The quantitative estimate of drug-likeness (QED) is 0.487. The lowest BCUT2D eigenvalue weighted by atomic mass is 10.3. The molecular weight excluding hydrogens is 456 g/mol. The smallest absolute Gasteiger partial charge is 0.242 e. The molecule has 1 amide bonds. The van der Waals surface area contributed by atoms with Crippen LogP contribution in [-0.4, -0.2) is 27.5 Å². The number of hydrogen-bond donors (Lipinski definition) is 2. The predicted octanol–water partition coefficient (Wildman–Crippen LogP) is 4.81. The fourth-order valence-electron chi connectivity index (χ4n) is 2.68. The lowest BCUT2D eigenvalue weighted by Crippen LogP contribution is -2.41. The molecule has 3 aromatic rings. The Bertz CT molecular complexity index is 1170. The van der Waals surface area contributed by atoms with E-state index in [-0.39, 0.29) is 9.92 Å². The largest absolute Gasteiger partial charge is 0.495 e. The average Bonchev–Trinajstić information content (AvgIpc) is 2.75. The normalized spacial score (nSPS) is 12.2. The molecule has 0 saturated carbocycles. The Morgan fingerprint density at radius 2 is 1.71 bits per heavy atom. The summed E-state index contributed by atoms with van der Waals surface area (Å²) in [6.45, 7) is 1.48. The van der Waals surface area contributed by atoms with Gasteiger partial charge in [0.25, 0.3) is 0 Å². The van der Waals surface area contributed by atoms with E-state index in [9.17, 15) is 13.2 Å². The highest BCUT2D eigenvalue weighted by Crippen LogP contribution is 2.33. The van der Waals surface area contributed by atoms with Crippen molar-refractivity contribution in [2.24, 2.45) is 0 Å². The Morgan fingerprint density at radius 3 is 2.39 bits per heavy atom. The van der Waals surface area contributed by atoms with Gasteiger partial charge in [-0.15, -0.1) is 0 Å². The van der Waals surface area contributed by atoms with Crippen molar-refractivity contribution in [1.82, 2.24) is 4.72 Å². The minimum Gasteiger partial charge on any atom is -0.495 e. The van der Waals surface area contributed by atoms with E-state index in [1.807, 2.05) is 42.5 Å². The average molecular weight is 477 g/mol. The topological polar surface area (TPSA) is 84.5 Å². The maximum atomic E-state index is 12.7. The summed E-state index contributed by atoms with van der Waals surface area (Å²) >= 11 is 7.53. The second kappa shape index (κ2) is 10.2. The van der Waals surface area contributed by atoms with Gasteiger partial charge in [-0.3, -0.25) is 4.79 Å². The first-order chi connectivity index (χ1) is 14.8. The van der Waals surface area contributed by atoms with E-state index >= 15 is 0 Å². The predicted molar refractivity (Wildman–Crippen MR) is 123 cm³/mol. The van der Waals surface area contributed by atoms with E-state index in [0.717, 1.165) is 9.79 Å². The van der Waals surface area contributed by atoms with Crippen molar-refractivity contribution in [3.63, 3.8) is 0 Å². The van der Waals surface area contributed by atoms with Gasteiger partial charge < -0.3 is 10.1 Å². The molecule has 3 aromatic carbocycles. The zero-order valence-electron chi connectivity index (χ0n) is 16.8. The van der Waals surface area contributed by atoms with Crippen molar-refractivity contribution in [3.8, 4) is 5.75 Å². The number of anilines is 1. The monoisotopic (exact) mass is 476 g/mol. The van der Waals surface area contributed by atoms with Crippen LogP contribution in [0.5, 0.6) is 5.75 Å². The van der Waals surface area contributed by atoms with Crippen LogP contribution >= 0.6 is 23.4 Å². The van der Waals surface area contributed by atoms with Gasteiger partial charge in [-0.1, -0.05) is 53.7 Å². The summed E-state index contributed by atoms with van der Waals surface area (Å²) in [4.78, 5) is 14.5. The van der Waals surface area contributed by atoms with E-state index in [1.54, 1.807) is 12.1 Å². The number of methoxy groups -OCH3 is 1. The number of hydrogen-bond acceptors (Lipinski definition) is 5. The molecule has 0 radical (unpaired) electrons. The lowest BCUT2D eigenvalue weighted by molar-refractivity contribution is -0.117. The summed E-state index contributed by atoms with van der Waals surface area (Å²) in [5, 5.41) is 2.96. The van der Waals surface area contributed by atoms with Crippen LogP contribution in [0.2, 0.25) is 5.02 Å². The molecule has 6 nitrogen and oxygen atoms in total. The summed E-state index contributed by atoms with van der Waals surface area (Å²) in [7, 11) is -2.52.